The third kappa shape index (κ3) is 2.39. The van der Waals surface area contributed by atoms with Gasteiger partial charge in [0.25, 0.3) is 0 Å². The van der Waals surface area contributed by atoms with Gasteiger partial charge in [-0.05, 0) is 18.9 Å². The Labute approximate surface area is 90.0 Å². The van der Waals surface area contributed by atoms with Crippen molar-refractivity contribution in [2.24, 2.45) is 0 Å². The highest BCUT2D eigenvalue weighted by molar-refractivity contribution is 5.50. The van der Waals surface area contributed by atoms with Gasteiger partial charge in [0.2, 0.25) is 0 Å². The van der Waals surface area contributed by atoms with Crippen LogP contribution in [0.1, 0.15) is 12.8 Å². The summed E-state index contributed by atoms with van der Waals surface area (Å²) in [4.78, 5) is 6.55. The molecule has 0 radical (unpaired) electrons. The van der Waals surface area contributed by atoms with Crippen molar-refractivity contribution in [3.8, 4) is 0 Å². The van der Waals surface area contributed by atoms with Gasteiger partial charge >= 0.3 is 0 Å². The molecule has 15 heavy (non-hydrogen) atoms. The van der Waals surface area contributed by atoms with Gasteiger partial charge in [-0.3, -0.25) is 0 Å². The van der Waals surface area contributed by atoms with Gasteiger partial charge in [0.15, 0.2) is 0 Å². The Morgan fingerprint density at radius 1 is 1.60 bits per heavy atom. The summed E-state index contributed by atoms with van der Waals surface area (Å²) in [6.45, 7) is 1.95. The number of aromatic nitrogens is 1. The Morgan fingerprint density at radius 3 is 3.20 bits per heavy atom. The molecule has 2 N–H and O–H groups in total. The lowest BCUT2D eigenvalue weighted by molar-refractivity contribution is 0.0891. The van der Waals surface area contributed by atoms with Crippen molar-refractivity contribution in [1.82, 2.24) is 4.98 Å². The van der Waals surface area contributed by atoms with Crippen LogP contribution in [0.4, 0.5) is 11.5 Å². The fourth-order valence-electron chi connectivity index (χ4n) is 1.95. The van der Waals surface area contributed by atoms with Gasteiger partial charge in [-0.25, -0.2) is 4.98 Å². The minimum absolute atomic E-state index is 0.321. The van der Waals surface area contributed by atoms with E-state index < -0.39 is 0 Å². The summed E-state index contributed by atoms with van der Waals surface area (Å²) in [6, 6.07) is 3.72. The van der Waals surface area contributed by atoms with Gasteiger partial charge in [-0.15, -0.1) is 0 Å². The number of piperidine rings is 1. The Balaban J connectivity index is 2.09. The second-order valence-corrected chi connectivity index (χ2v) is 3.89. The van der Waals surface area contributed by atoms with Crippen LogP contribution >= 0.6 is 0 Å². The van der Waals surface area contributed by atoms with Gasteiger partial charge in [-0.1, -0.05) is 0 Å². The van der Waals surface area contributed by atoms with Crippen LogP contribution in [-0.2, 0) is 4.74 Å². The average Bonchev–Trinajstić information content (AvgIpc) is 2.29. The lowest BCUT2D eigenvalue weighted by Gasteiger charge is -2.32. The lowest BCUT2D eigenvalue weighted by atomic mass is 10.1. The third-order valence-corrected chi connectivity index (χ3v) is 2.81. The predicted octanol–water partition coefficient (Wildman–Crippen LogP) is 1.28. The molecule has 4 nitrogen and oxygen atoms in total. The summed E-state index contributed by atoms with van der Waals surface area (Å²) in [7, 11) is 1.76. The first-order valence-corrected chi connectivity index (χ1v) is 5.29. The van der Waals surface area contributed by atoms with E-state index in [0.717, 1.165) is 37.4 Å². The Bertz CT molecular complexity index is 329. The normalized spacial score (nSPS) is 21.7. The average molecular weight is 207 g/mol. The summed E-state index contributed by atoms with van der Waals surface area (Å²) >= 11 is 0. The van der Waals surface area contributed by atoms with Gasteiger partial charge in [-0.2, -0.15) is 0 Å². The van der Waals surface area contributed by atoms with Gasteiger partial charge in [0, 0.05) is 38.1 Å². The van der Waals surface area contributed by atoms with Gasteiger partial charge < -0.3 is 15.4 Å². The van der Waals surface area contributed by atoms with Crippen LogP contribution < -0.4 is 10.6 Å². The molecule has 0 amide bonds. The number of hydrogen-bond donors (Lipinski definition) is 1. The number of pyridine rings is 1. The number of nitrogens with two attached hydrogens (primary N) is 1. The second kappa shape index (κ2) is 4.49. The van der Waals surface area contributed by atoms with Crippen molar-refractivity contribution in [3.05, 3.63) is 18.3 Å². The van der Waals surface area contributed by atoms with E-state index in [-0.39, 0.29) is 0 Å². The first kappa shape index (κ1) is 10.2. The molecular formula is C11H17N3O. The monoisotopic (exact) mass is 207 g/mol. The van der Waals surface area contributed by atoms with Gasteiger partial charge in [0.05, 0.1) is 6.10 Å². The smallest absolute Gasteiger partial charge is 0.130 e. The van der Waals surface area contributed by atoms with Crippen molar-refractivity contribution in [2.75, 3.05) is 30.8 Å². The molecule has 0 saturated carbocycles. The van der Waals surface area contributed by atoms with Crippen LogP contribution in [0, 0.1) is 0 Å². The molecule has 82 valence electrons. The van der Waals surface area contributed by atoms with Gasteiger partial charge in [0.1, 0.15) is 5.82 Å². The van der Waals surface area contributed by atoms with E-state index in [1.807, 2.05) is 6.07 Å². The Morgan fingerprint density at radius 2 is 2.47 bits per heavy atom. The highest BCUT2D eigenvalue weighted by Gasteiger charge is 2.20. The molecule has 4 heteroatoms. The molecule has 1 aromatic rings. The van der Waals surface area contributed by atoms with E-state index in [4.69, 9.17) is 10.5 Å². The fourth-order valence-corrected chi connectivity index (χ4v) is 1.95. The molecule has 0 spiro atoms. The molecule has 1 aliphatic heterocycles. The molecular weight excluding hydrogens is 190 g/mol. The summed E-state index contributed by atoms with van der Waals surface area (Å²) in [5, 5.41) is 0. The number of anilines is 2. The molecule has 0 aliphatic carbocycles. The predicted molar refractivity (Wildman–Crippen MR) is 60.9 cm³/mol. The zero-order valence-electron chi connectivity index (χ0n) is 9.02. The standard InChI is InChI=1S/C11H17N3O/c1-15-10-3-2-6-14(8-10)11-7-9(12)4-5-13-11/h4-5,7,10H,2-3,6,8H2,1H3,(H2,12,13)/t10-/m1/s1. The molecule has 1 saturated heterocycles. The largest absolute Gasteiger partial charge is 0.399 e. The third-order valence-electron chi connectivity index (χ3n) is 2.81. The first-order valence-electron chi connectivity index (χ1n) is 5.29. The van der Waals surface area contributed by atoms with Crippen molar-refractivity contribution >= 4 is 11.5 Å². The van der Waals surface area contributed by atoms with E-state index in [0.29, 0.717) is 6.10 Å². The molecule has 2 heterocycles. The van der Waals surface area contributed by atoms with Crippen LogP contribution in [0.15, 0.2) is 18.3 Å². The van der Waals surface area contributed by atoms with E-state index in [1.54, 1.807) is 19.4 Å². The SMILES string of the molecule is CO[C@@H]1CCCN(c2cc(N)ccn2)C1. The molecule has 0 aromatic carbocycles. The summed E-state index contributed by atoms with van der Waals surface area (Å²) in [5.41, 5.74) is 6.50. The number of rotatable bonds is 2. The van der Waals surface area contributed by atoms with E-state index in [9.17, 15) is 0 Å². The van der Waals surface area contributed by atoms with Crippen molar-refractivity contribution in [3.63, 3.8) is 0 Å². The zero-order chi connectivity index (χ0) is 10.7. The minimum atomic E-state index is 0.321. The number of ether oxygens (including phenoxy) is 1. The molecule has 0 unspecified atom stereocenters. The van der Waals surface area contributed by atoms with Crippen LogP contribution in [-0.4, -0.2) is 31.3 Å². The van der Waals surface area contributed by atoms with Crippen LogP contribution in [0.25, 0.3) is 0 Å². The number of nitrogens with zero attached hydrogens (tertiary/aromatic N) is 2. The topological polar surface area (TPSA) is 51.4 Å². The van der Waals surface area contributed by atoms with Crippen molar-refractivity contribution in [2.45, 2.75) is 18.9 Å². The highest BCUT2D eigenvalue weighted by atomic mass is 16.5. The minimum Gasteiger partial charge on any atom is -0.399 e. The molecule has 2 rings (SSSR count). The highest BCUT2D eigenvalue weighted by Crippen LogP contribution is 2.20. The Kier molecular flexibility index (Phi) is 3.06. The molecule has 1 atom stereocenters. The lowest BCUT2D eigenvalue weighted by Crippen LogP contribution is -2.39. The van der Waals surface area contributed by atoms with Crippen molar-refractivity contribution in [1.29, 1.82) is 0 Å². The van der Waals surface area contributed by atoms with Crippen LogP contribution in [0.2, 0.25) is 0 Å². The first-order chi connectivity index (χ1) is 7.29. The number of methoxy groups -OCH3 is 1. The number of hydrogen-bond acceptors (Lipinski definition) is 4. The summed E-state index contributed by atoms with van der Waals surface area (Å²) in [5.74, 6) is 0.955. The molecule has 1 fully saturated rings. The fraction of sp³-hybridized carbons (Fsp3) is 0.545. The Hall–Kier alpha value is -1.29. The van der Waals surface area contributed by atoms with E-state index in [1.165, 1.54) is 0 Å². The van der Waals surface area contributed by atoms with Crippen molar-refractivity contribution < 1.29 is 4.74 Å². The molecule has 0 bridgehead atoms. The molecule has 1 aromatic heterocycles. The van der Waals surface area contributed by atoms with Crippen LogP contribution in [0.3, 0.4) is 0 Å². The quantitative estimate of drug-likeness (QED) is 0.793. The summed E-state index contributed by atoms with van der Waals surface area (Å²) in [6.07, 6.45) is 4.35. The second-order valence-electron chi connectivity index (χ2n) is 3.89. The molecule has 1 aliphatic rings. The number of nitrogen functional groups attached to an aromatic ring is 1. The van der Waals surface area contributed by atoms with E-state index in [2.05, 4.69) is 9.88 Å². The zero-order valence-corrected chi connectivity index (χ0v) is 9.02. The van der Waals surface area contributed by atoms with E-state index >= 15 is 0 Å². The summed E-state index contributed by atoms with van der Waals surface area (Å²) < 4.78 is 5.37. The maximum atomic E-state index is 5.73. The maximum absolute atomic E-state index is 5.73. The van der Waals surface area contributed by atoms with Crippen LogP contribution in [0.5, 0.6) is 0 Å². The maximum Gasteiger partial charge on any atom is 0.130 e.